The van der Waals surface area contributed by atoms with E-state index < -0.39 is 16.8 Å². The minimum absolute atomic E-state index is 0. The second kappa shape index (κ2) is 10.2. The molecular weight excluding hydrogens is 390 g/mol. The first-order valence-corrected chi connectivity index (χ1v) is 15.7. The summed E-state index contributed by atoms with van der Waals surface area (Å²) in [6, 6.07) is 0. The Morgan fingerprint density at radius 2 is 1.36 bits per heavy atom. The van der Waals surface area contributed by atoms with Crippen LogP contribution in [0.4, 0.5) is 0 Å². The van der Waals surface area contributed by atoms with Gasteiger partial charge < -0.3 is 0 Å². The predicted molar refractivity (Wildman–Crippen MR) is 130 cm³/mol. The molecule has 3 aliphatic rings. The second-order valence-corrected chi connectivity index (χ2v) is 17.5. The summed E-state index contributed by atoms with van der Waals surface area (Å²) < 4.78 is 5.09. The molecular formula is C25H47NSiTi. The zero-order chi connectivity index (χ0) is 20.4. The number of rotatable bonds is 3. The van der Waals surface area contributed by atoms with Crippen LogP contribution in [0.3, 0.4) is 0 Å². The van der Waals surface area contributed by atoms with E-state index in [1.807, 2.05) is 13.8 Å². The van der Waals surface area contributed by atoms with E-state index in [2.05, 4.69) is 72.5 Å². The summed E-state index contributed by atoms with van der Waals surface area (Å²) in [5.41, 5.74) is 2.39. The van der Waals surface area contributed by atoms with Crippen LogP contribution in [-0.2, 0) is 16.8 Å². The predicted octanol–water partition coefficient (Wildman–Crippen LogP) is 6.19. The van der Waals surface area contributed by atoms with Crippen LogP contribution < -0.4 is 3.80 Å². The van der Waals surface area contributed by atoms with Gasteiger partial charge in [-0.1, -0.05) is 24.3 Å². The number of allylic oxidation sites excluding steroid dienone is 6. The molecule has 0 spiro atoms. The third-order valence-corrected chi connectivity index (χ3v) is 12.8. The zero-order valence-corrected chi connectivity index (χ0v) is 20.5. The molecule has 1 N–H and O–H groups in total. The molecule has 3 rings (SSSR count). The van der Waals surface area contributed by atoms with E-state index in [4.69, 9.17) is 0 Å². The number of nitrogens with one attached hydrogen (secondary N) is 1. The first-order valence-electron chi connectivity index (χ1n) is 10.9. The summed E-state index contributed by atoms with van der Waals surface area (Å²) in [6.45, 7) is 18.2. The molecule has 0 heterocycles. The summed E-state index contributed by atoms with van der Waals surface area (Å²) in [4.78, 5) is 0. The Hall–Kier alpha value is -0.149. The summed E-state index contributed by atoms with van der Waals surface area (Å²) in [5, 5.41) is 5.27. The van der Waals surface area contributed by atoms with Gasteiger partial charge in [0.15, 0.2) is 0 Å². The van der Waals surface area contributed by atoms with Crippen LogP contribution in [0.1, 0.15) is 60.3 Å². The van der Waals surface area contributed by atoms with Crippen LogP contribution in [0.15, 0.2) is 48.6 Å². The molecule has 0 bridgehead atoms. The monoisotopic (exact) mass is 437 g/mol. The summed E-state index contributed by atoms with van der Waals surface area (Å²) in [5.74, 6) is 3.64. The van der Waals surface area contributed by atoms with E-state index in [9.17, 15) is 0 Å². The van der Waals surface area contributed by atoms with Crippen LogP contribution in [0.5, 0.6) is 0 Å². The maximum Gasteiger partial charge on any atom is -0.0149 e. The van der Waals surface area contributed by atoms with Gasteiger partial charge in [0.1, 0.15) is 0 Å². The van der Waals surface area contributed by atoms with Gasteiger partial charge in [-0.2, -0.15) is 0 Å². The van der Waals surface area contributed by atoms with Crippen molar-refractivity contribution in [1.29, 1.82) is 0 Å². The van der Waals surface area contributed by atoms with Crippen LogP contribution in [0.25, 0.3) is 0 Å². The smallest absolute Gasteiger partial charge is 0.0149 e. The van der Waals surface area contributed by atoms with Gasteiger partial charge in [0, 0.05) is 0 Å². The molecule has 2 saturated carbocycles. The van der Waals surface area contributed by atoms with Crippen LogP contribution in [0, 0.1) is 23.7 Å². The van der Waals surface area contributed by atoms with Crippen molar-refractivity contribution in [3.63, 3.8) is 0 Å². The SMILES string of the molecule is C=C(C)C(=C)C.CC(C)(C)[NH][Ti]([CH3])([CH3])[CH]1C2C=CC=CC2C2CCCCC21.[SiH4]. The molecule has 0 saturated heterocycles. The minimum Gasteiger partial charge on any atom is -0.0149 e. The van der Waals surface area contributed by atoms with E-state index in [0.717, 1.165) is 39.0 Å². The Morgan fingerprint density at radius 1 is 0.893 bits per heavy atom. The molecule has 0 aromatic carbocycles. The Kier molecular flexibility index (Phi) is 9.47. The Balaban J connectivity index is 0.000000492. The summed E-state index contributed by atoms with van der Waals surface area (Å²) in [7, 11) is 0. The maximum atomic E-state index is 4.13. The average Bonchev–Trinajstić information content (AvgIpc) is 2.88. The fraction of sp³-hybridized carbons (Fsp3) is 0.680. The molecule has 1 nitrogen and oxygen atoms in total. The van der Waals surface area contributed by atoms with Crippen molar-refractivity contribution in [3.8, 4) is 0 Å². The summed E-state index contributed by atoms with van der Waals surface area (Å²) >= 11 is -2.04. The fourth-order valence-corrected chi connectivity index (χ4v) is 13.5. The fourth-order valence-electron chi connectivity index (χ4n) is 5.89. The first kappa shape index (κ1) is 25.9. The van der Waals surface area contributed by atoms with Crippen molar-refractivity contribution < 1.29 is 16.8 Å². The van der Waals surface area contributed by atoms with Gasteiger partial charge >= 0.3 is 135 Å². The van der Waals surface area contributed by atoms with Crippen molar-refractivity contribution in [3.05, 3.63) is 48.6 Å². The number of fused-ring (bicyclic) bond motifs is 3. The Bertz CT molecular complexity index is 599. The van der Waals surface area contributed by atoms with Crippen LogP contribution in [0.2, 0.25) is 14.7 Å². The van der Waals surface area contributed by atoms with Crippen LogP contribution in [-0.4, -0.2) is 16.5 Å². The van der Waals surface area contributed by atoms with Crippen LogP contribution >= 0.6 is 0 Å². The molecule has 28 heavy (non-hydrogen) atoms. The molecule has 3 heteroatoms. The van der Waals surface area contributed by atoms with Gasteiger partial charge in [-0.15, -0.1) is 0 Å². The van der Waals surface area contributed by atoms with E-state index in [-0.39, 0.29) is 16.5 Å². The van der Waals surface area contributed by atoms with Gasteiger partial charge in [-0.3, -0.25) is 0 Å². The molecule has 160 valence electrons. The topological polar surface area (TPSA) is 12.0 Å². The van der Waals surface area contributed by atoms with E-state index >= 15 is 0 Å². The average molecular weight is 438 g/mol. The standard InChI is InChI=1S/C13H17.C6H10.C4H10N.2CH3.H4Si.Ti/c1-3-7-12-10(5-1)9-11-6-2-4-8-13(11)12;1-5(2)6(3)4;1-4(2,3)5;;;;/h1,3,5,7,9-13H,2,4,6,8H2;1,3H2,2,4H3;5H,1-3H3;2*1H3;1H4;/q;;-1;;;;+1. The van der Waals surface area contributed by atoms with Gasteiger partial charge in [-0.05, 0) is 24.8 Å². The molecule has 0 aromatic rings. The second-order valence-electron chi connectivity index (χ2n) is 10.7. The largest absolute Gasteiger partial charge is 0.0149 e. The van der Waals surface area contributed by atoms with Crippen molar-refractivity contribution >= 4 is 11.0 Å². The van der Waals surface area contributed by atoms with Gasteiger partial charge in [0.05, 0.1) is 0 Å². The molecule has 0 radical (unpaired) electrons. The molecule has 2 fully saturated rings. The van der Waals surface area contributed by atoms with E-state index in [1.54, 1.807) is 0 Å². The first-order chi connectivity index (χ1) is 12.4. The summed E-state index contributed by atoms with van der Waals surface area (Å²) in [6.07, 6.45) is 15.6. The molecule has 0 aromatic heterocycles. The quantitative estimate of drug-likeness (QED) is 0.410. The molecule has 5 atom stereocenters. The minimum atomic E-state index is -2.04. The van der Waals surface area contributed by atoms with Gasteiger partial charge in [-0.25, -0.2) is 0 Å². The molecule has 3 aliphatic carbocycles. The maximum absolute atomic E-state index is 4.13. The molecule has 0 aliphatic heterocycles. The normalized spacial score (nSPS) is 31.0. The van der Waals surface area contributed by atoms with Crippen molar-refractivity contribution in [2.24, 2.45) is 23.7 Å². The van der Waals surface area contributed by atoms with Crippen molar-refractivity contribution in [2.75, 3.05) is 0 Å². The third kappa shape index (κ3) is 6.42. The molecule has 5 unspecified atom stereocenters. The van der Waals surface area contributed by atoms with E-state index in [1.165, 1.54) is 25.7 Å². The van der Waals surface area contributed by atoms with E-state index in [0.29, 0.717) is 0 Å². The zero-order valence-electron chi connectivity index (χ0n) is 18.9. The number of hydrogen-bond acceptors (Lipinski definition) is 1. The van der Waals surface area contributed by atoms with Crippen molar-refractivity contribution in [2.45, 2.75) is 80.5 Å². The Morgan fingerprint density at radius 3 is 1.82 bits per heavy atom. The molecule has 0 amide bonds. The van der Waals surface area contributed by atoms with Crippen molar-refractivity contribution in [1.82, 2.24) is 3.80 Å². The Labute approximate surface area is 183 Å². The third-order valence-electron chi connectivity index (χ3n) is 6.73. The number of hydrogen-bond donors (Lipinski definition) is 1. The van der Waals surface area contributed by atoms with Gasteiger partial charge in [0.25, 0.3) is 0 Å². The van der Waals surface area contributed by atoms with Gasteiger partial charge in [0.2, 0.25) is 0 Å².